The number of benzene rings is 1. The van der Waals surface area contributed by atoms with Gasteiger partial charge < -0.3 is 10.2 Å². The van der Waals surface area contributed by atoms with Crippen molar-refractivity contribution < 1.29 is 22.8 Å². The van der Waals surface area contributed by atoms with E-state index in [1.165, 1.54) is 30.5 Å². The zero-order valence-electron chi connectivity index (χ0n) is 16.4. The summed E-state index contributed by atoms with van der Waals surface area (Å²) in [5.41, 5.74) is 0.892. The van der Waals surface area contributed by atoms with Gasteiger partial charge in [0.05, 0.1) is 5.56 Å². The molecular formula is C22H27F3N2O2. The summed E-state index contributed by atoms with van der Waals surface area (Å²) in [7, 11) is 0. The average molecular weight is 408 g/mol. The second kappa shape index (κ2) is 9.46. The fourth-order valence-corrected chi connectivity index (χ4v) is 3.95. The first-order chi connectivity index (χ1) is 13.8. The summed E-state index contributed by atoms with van der Waals surface area (Å²) in [6.07, 6.45) is 4.64. The molecule has 0 unspecified atom stereocenters. The maximum absolute atomic E-state index is 12.7. The second-order valence-electron chi connectivity index (χ2n) is 7.79. The van der Waals surface area contributed by atoms with Crippen LogP contribution in [0.4, 0.5) is 13.2 Å². The van der Waals surface area contributed by atoms with Gasteiger partial charge in [-0.2, -0.15) is 13.2 Å². The molecule has 0 atom stereocenters. The fourth-order valence-electron chi connectivity index (χ4n) is 3.95. The van der Waals surface area contributed by atoms with Gasteiger partial charge in [-0.25, -0.2) is 0 Å². The molecule has 2 amide bonds. The van der Waals surface area contributed by atoms with Crippen LogP contribution < -0.4 is 5.32 Å². The van der Waals surface area contributed by atoms with Gasteiger partial charge in [0.25, 0.3) is 5.91 Å². The Hall–Kier alpha value is -2.31. The highest BCUT2D eigenvalue weighted by Crippen LogP contribution is 2.29. The van der Waals surface area contributed by atoms with Gasteiger partial charge in [-0.1, -0.05) is 11.6 Å². The van der Waals surface area contributed by atoms with Crippen molar-refractivity contribution in [3.63, 3.8) is 0 Å². The van der Waals surface area contributed by atoms with Gasteiger partial charge in [-0.3, -0.25) is 9.59 Å². The van der Waals surface area contributed by atoms with E-state index in [0.717, 1.165) is 31.4 Å². The third-order valence-electron chi connectivity index (χ3n) is 5.74. The number of hydrogen-bond donors (Lipinski definition) is 1. The number of allylic oxidation sites excluding steroid dienone is 1. The number of carbonyl (C=O) groups excluding carboxylic acids is 2. The predicted octanol–water partition coefficient (Wildman–Crippen LogP) is 4.56. The molecule has 1 N–H and O–H groups in total. The van der Waals surface area contributed by atoms with E-state index >= 15 is 0 Å². The number of nitrogens with zero attached hydrogens (tertiary/aromatic N) is 1. The zero-order chi connectivity index (χ0) is 20.9. The number of alkyl halides is 3. The first-order valence-corrected chi connectivity index (χ1v) is 10.3. The minimum absolute atomic E-state index is 0.0306. The van der Waals surface area contributed by atoms with Crippen LogP contribution in [0.1, 0.15) is 60.9 Å². The molecule has 1 heterocycles. The van der Waals surface area contributed by atoms with Crippen LogP contribution in [0.25, 0.3) is 0 Å². The van der Waals surface area contributed by atoms with E-state index in [1.807, 2.05) is 0 Å². The molecule has 1 aliphatic carbocycles. The number of piperidine rings is 1. The molecule has 1 aromatic carbocycles. The summed E-state index contributed by atoms with van der Waals surface area (Å²) < 4.78 is 38.0. The molecular weight excluding hydrogens is 381 g/mol. The van der Waals surface area contributed by atoms with Crippen LogP contribution in [0, 0.1) is 5.92 Å². The molecule has 1 saturated heterocycles. The maximum Gasteiger partial charge on any atom is 0.416 e. The van der Waals surface area contributed by atoms with E-state index < -0.39 is 11.7 Å². The molecule has 1 aliphatic heterocycles. The number of rotatable bonds is 5. The van der Waals surface area contributed by atoms with E-state index in [-0.39, 0.29) is 23.3 Å². The van der Waals surface area contributed by atoms with Crippen LogP contribution >= 0.6 is 0 Å². The number of halogens is 3. The topological polar surface area (TPSA) is 49.4 Å². The predicted molar refractivity (Wildman–Crippen MR) is 104 cm³/mol. The second-order valence-corrected chi connectivity index (χ2v) is 7.79. The number of amides is 2. The minimum atomic E-state index is -4.42. The molecule has 4 nitrogen and oxygen atoms in total. The van der Waals surface area contributed by atoms with Crippen molar-refractivity contribution in [3.8, 4) is 0 Å². The Kier molecular flexibility index (Phi) is 6.98. The molecule has 1 fully saturated rings. The van der Waals surface area contributed by atoms with Crippen LogP contribution in [-0.4, -0.2) is 36.3 Å². The largest absolute Gasteiger partial charge is 0.416 e. The molecule has 7 heteroatoms. The van der Waals surface area contributed by atoms with Crippen molar-refractivity contribution >= 4 is 11.8 Å². The smallest absolute Gasteiger partial charge is 0.356 e. The fraction of sp³-hybridized carbons (Fsp3) is 0.545. The molecule has 2 aliphatic rings. The third kappa shape index (κ3) is 5.84. The molecule has 0 bridgehead atoms. The van der Waals surface area contributed by atoms with Crippen molar-refractivity contribution in [3.05, 3.63) is 47.0 Å². The molecule has 158 valence electrons. The zero-order valence-corrected chi connectivity index (χ0v) is 16.4. The van der Waals surface area contributed by atoms with Gasteiger partial charge >= 0.3 is 6.18 Å². The van der Waals surface area contributed by atoms with Gasteiger partial charge in [-0.15, -0.1) is 0 Å². The lowest BCUT2D eigenvalue weighted by Gasteiger charge is -2.31. The van der Waals surface area contributed by atoms with Gasteiger partial charge in [0.2, 0.25) is 5.91 Å². The van der Waals surface area contributed by atoms with Crippen LogP contribution in [0.2, 0.25) is 0 Å². The van der Waals surface area contributed by atoms with Crippen molar-refractivity contribution in [2.75, 3.05) is 19.6 Å². The summed E-state index contributed by atoms with van der Waals surface area (Å²) >= 11 is 0. The monoisotopic (exact) mass is 408 g/mol. The van der Waals surface area contributed by atoms with Crippen LogP contribution in [0.5, 0.6) is 0 Å². The van der Waals surface area contributed by atoms with Crippen molar-refractivity contribution in [2.24, 2.45) is 5.92 Å². The summed E-state index contributed by atoms with van der Waals surface area (Å²) in [4.78, 5) is 26.5. The minimum Gasteiger partial charge on any atom is -0.356 e. The molecule has 3 rings (SSSR count). The number of hydrogen-bond acceptors (Lipinski definition) is 2. The number of likely N-dealkylation sites (tertiary alicyclic amines) is 1. The Bertz CT molecular complexity index is 748. The standard InChI is InChI=1S/C22H27F3N2O2/c23-22(24,25)19-8-6-18(7-9-19)21(29)27-14-11-17(12-15-27)20(28)26-13-10-16-4-2-1-3-5-16/h4,6-9,17H,1-3,5,10-15H2,(H,26,28). The van der Waals surface area contributed by atoms with E-state index in [9.17, 15) is 22.8 Å². The average Bonchev–Trinajstić information content (AvgIpc) is 2.73. The van der Waals surface area contributed by atoms with Crippen LogP contribution in [0.3, 0.4) is 0 Å². The number of nitrogens with one attached hydrogen (secondary N) is 1. The van der Waals surface area contributed by atoms with Crippen LogP contribution in [0.15, 0.2) is 35.9 Å². The molecule has 0 aromatic heterocycles. The van der Waals surface area contributed by atoms with E-state index in [4.69, 9.17) is 0 Å². The Morgan fingerprint density at radius 3 is 2.34 bits per heavy atom. The Balaban J connectivity index is 1.44. The van der Waals surface area contributed by atoms with Gasteiger partial charge in [0.1, 0.15) is 0 Å². The summed E-state index contributed by atoms with van der Waals surface area (Å²) in [5.74, 6) is -0.378. The Morgan fingerprint density at radius 1 is 1.07 bits per heavy atom. The van der Waals surface area contributed by atoms with E-state index in [0.29, 0.717) is 32.5 Å². The lowest BCUT2D eigenvalue weighted by atomic mass is 9.94. The van der Waals surface area contributed by atoms with Crippen LogP contribution in [-0.2, 0) is 11.0 Å². The summed E-state index contributed by atoms with van der Waals surface area (Å²) in [6.45, 7) is 1.52. The Morgan fingerprint density at radius 2 is 1.76 bits per heavy atom. The molecule has 0 saturated carbocycles. The first-order valence-electron chi connectivity index (χ1n) is 10.3. The van der Waals surface area contributed by atoms with E-state index in [1.54, 1.807) is 4.90 Å². The molecule has 29 heavy (non-hydrogen) atoms. The van der Waals surface area contributed by atoms with Crippen molar-refractivity contribution in [2.45, 2.75) is 51.1 Å². The lowest BCUT2D eigenvalue weighted by Crippen LogP contribution is -2.43. The quantitative estimate of drug-likeness (QED) is 0.726. The number of carbonyl (C=O) groups is 2. The SMILES string of the molecule is O=C(NCCC1=CCCCC1)C1CCN(C(=O)c2ccc(C(F)(F)F)cc2)CC1. The van der Waals surface area contributed by atoms with Crippen molar-refractivity contribution in [1.29, 1.82) is 0 Å². The molecule has 0 radical (unpaired) electrons. The van der Waals surface area contributed by atoms with Crippen molar-refractivity contribution in [1.82, 2.24) is 10.2 Å². The summed E-state index contributed by atoms with van der Waals surface area (Å²) in [6, 6.07) is 4.28. The highest BCUT2D eigenvalue weighted by molar-refractivity contribution is 5.94. The molecule has 1 aromatic rings. The summed E-state index contributed by atoms with van der Waals surface area (Å²) in [5, 5.41) is 3.01. The normalized spacial score (nSPS) is 18.3. The van der Waals surface area contributed by atoms with E-state index in [2.05, 4.69) is 11.4 Å². The van der Waals surface area contributed by atoms with Gasteiger partial charge in [0.15, 0.2) is 0 Å². The maximum atomic E-state index is 12.7. The highest BCUT2D eigenvalue weighted by Gasteiger charge is 2.31. The third-order valence-corrected chi connectivity index (χ3v) is 5.74. The van der Waals surface area contributed by atoms with Gasteiger partial charge in [0, 0.05) is 31.1 Å². The lowest BCUT2D eigenvalue weighted by molar-refractivity contribution is -0.137. The molecule has 0 spiro atoms. The first kappa shape index (κ1) is 21.4. The Labute approximate surface area is 169 Å². The highest BCUT2D eigenvalue weighted by atomic mass is 19.4. The van der Waals surface area contributed by atoms with Gasteiger partial charge in [-0.05, 0) is 69.2 Å².